The standard InChI is InChI=1S/C19H23N3O4/c1-12-6-8-14(16(10-12)22(24)25)20-18(23)21-15-11-13(19(2,3)4)7-9-17(15)26-5/h6-11H,1-5H3,(H2,20,21,23). The van der Waals surface area contributed by atoms with Gasteiger partial charge in [-0.3, -0.25) is 10.1 Å². The van der Waals surface area contributed by atoms with E-state index in [9.17, 15) is 14.9 Å². The molecule has 2 amide bonds. The minimum atomic E-state index is -0.582. The van der Waals surface area contributed by atoms with E-state index < -0.39 is 11.0 Å². The van der Waals surface area contributed by atoms with Crippen LogP contribution in [0.15, 0.2) is 36.4 Å². The summed E-state index contributed by atoms with van der Waals surface area (Å²) in [4.78, 5) is 23.0. The van der Waals surface area contributed by atoms with Gasteiger partial charge in [-0.1, -0.05) is 32.9 Å². The van der Waals surface area contributed by atoms with Crippen molar-refractivity contribution in [2.45, 2.75) is 33.1 Å². The minimum Gasteiger partial charge on any atom is -0.495 e. The number of carbonyl (C=O) groups is 1. The molecule has 2 aromatic rings. The molecule has 0 fully saturated rings. The van der Waals surface area contributed by atoms with Crippen molar-refractivity contribution in [3.63, 3.8) is 0 Å². The van der Waals surface area contributed by atoms with E-state index >= 15 is 0 Å². The third kappa shape index (κ3) is 4.50. The molecule has 0 saturated carbocycles. The Morgan fingerprint density at radius 2 is 1.73 bits per heavy atom. The summed E-state index contributed by atoms with van der Waals surface area (Å²) in [5, 5.41) is 16.4. The lowest BCUT2D eigenvalue weighted by atomic mass is 9.87. The normalized spacial score (nSPS) is 11.0. The Hall–Kier alpha value is -3.09. The molecule has 2 rings (SSSR count). The van der Waals surface area contributed by atoms with Crippen LogP contribution in [0.5, 0.6) is 5.75 Å². The number of hydrogen-bond acceptors (Lipinski definition) is 4. The van der Waals surface area contributed by atoms with Crippen LogP contribution < -0.4 is 15.4 Å². The first kappa shape index (κ1) is 19.2. The Morgan fingerprint density at radius 3 is 2.31 bits per heavy atom. The molecule has 0 aliphatic heterocycles. The second-order valence-electron chi connectivity index (χ2n) is 7.02. The molecule has 0 saturated heterocycles. The molecule has 2 aromatic carbocycles. The Balaban J connectivity index is 2.27. The molecule has 0 aliphatic carbocycles. The lowest BCUT2D eigenvalue weighted by Crippen LogP contribution is -2.21. The van der Waals surface area contributed by atoms with Crippen LogP contribution in [-0.4, -0.2) is 18.1 Å². The average Bonchev–Trinajstić information content (AvgIpc) is 2.55. The largest absolute Gasteiger partial charge is 0.495 e. The first-order chi connectivity index (χ1) is 12.1. The van der Waals surface area contributed by atoms with Gasteiger partial charge in [0.2, 0.25) is 0 Å². The Labute approximate surface area is 152 Å². The fraction of sp³-hybridized carbons (Fsp3) is 0.316. The van der Waals surface area contributed by atoms with E-state index in [1.165, 1.54) is 19.2 Å². The minimum absolute atomic E-state index is 0.102. The quantitative estimate of drug-likeness (QED) is 0.604. The van der Waals surface area contributed by atoms with Crippen LogP contribution in [0, 0.1) is 17.0 Å². The molecular formula is C19H23N3O4. The van der Waals surface area contributed by atoms with Gasteiger partial charge in [-0.05, 0) is 41.7 Å². The van der Waals surface area contributed by atoms with E-state index in [1.807, 2.05) is 12.1 Å². The van der Waals surface area contributed by atoms with Crippen molar-refractivity contribution in [1.29, 1.82) is 0 Å². The third-order valence-corrected chi connectivity index (χ3v) is 3.91. The Morgan fingerprint density at radius 1 is 1.08 bits per heavy atom. The van der Waals surface area contributed by atoms with Crippen molar-refractivity contribution in [3.8, 4) is 5.75 Å². The zero-order valence-electron chi connectivity index (χ0n) is 15.5. The highest BCUT2D eigenvalue weighted by molar-refractivity contribution is 6.02. The number of carbonyl (C=O) groups excluding carboxylic acids is 1. The van der Waals surface area contributed by atoms with E-state index in [2.05, 4.69) is 31.4 Å². The smallest absolute Gasteiger partial charge is 0.323 e. The van der Waals surface area contributed by atoms with Crippen LogP contribution in [0.4, 0.5) is 21.9 Å². The third-order valence-electron chi connectivity index (χ3n) is 3.91. The summed E-state index contributed by atoms with van der Waals surface area (Å²) in [7, 11) is 1.51. The monoisotopic (exact) mass is 357 g/mol. The van der Waals surface area contributed by atoms with E-state index in [-0.39, 0.29) is 16.8 Å². The van der Waals surface area contributed by atoms with Crippen molar-refractivity contribution < 1.29 is 14.5 Å². The molecule has 0 aliphatic rings. The number of nitro groups is 1. The van der Waals surface area contributed by atoms with Gasteiger partial charge < -0.3 is 15.4 Å². The zero-order valence-corrected chi connectivity index (χ0v) is 15.5. The average molecular weight is 357 g/mol. The number of rotatable bonds is 4. The maximum Gasteiger partial charge on any atom is 0.323 e. The summed E-state index contributed by atoms with van der Waals surface area (Å²) >= 11 is 0. The van der Waals surface area contributed by atoms with Gasteiger partial charge >= 0.3 is 6.03 Å². The Kier molecular flexibility index (Phi) is 5.50. The molecule has 0 bridgehead atoms. The van der Waals surface area contributed by atoms with Crippen molar-refractivity contribution in [2.24, 2.45) is 0 Å². The van der Waals surface area contributed by atoms with Gasteiger partial charge in [0.15, 0.2) is 0 Å². The zero-order chi connectivity index (χ0) is 19.5. The summed E-state index contributed by atoms with van der Waals surface area (Å²) in [6.45, 7) is 7.94. The first-order valence-electron chi connectivity index (χ1n) is 8.13. The van der Waals surface area contributed by atoms with E-state index in [0.717, 1.165) is 11.1 Å². The predicted molar refractivity (Wildman–Crippen MR) is 102 cm³/mol. The van der Waals surface area contributed by atoms with Crippen LogP contribution in [0.2, 0.25) is 0 Å². The fourth-order valence-electron chi connectivity index (χ4n) is 2.45. The van der Waals surface area contributed by atoms with E-state index in [0.29, 0.717) is 11.4 Å². The number of methoxy groups -OCH3 is 1. The number of anilines is 2. The molecule has 26 heavy (non-hydrogen) atoms. The molecule has 138 valence electrons. The second-order valence-corrected chi connectivity index (χ2v) is 7.02. The summed E-state index contributed by atoms with van der Waals surface area (Å²) < 4.78 is 5.29. The lowest BCUT2D eigenvalue weighted by Gasteiger charge is -2.21. The molecule has 0 spiro atoms. The van der Waals surface area contributed by atoms with Gasteiger partial charge in [0.1, 0.15) is 11.4 Å². The van der Waals surface area contributed by atoms with Gasteiger partial charge in [-0.25, -0.2) is 4.79 Å². The number of hydrogen-bond donors (Lipinski definition) is 2. The summed E-state index contributed by atoms with van der Waals surface area (Å²) in [6.07, 6.45) is 0. The summed E-state index contributed by atoms with van der Waals surface area (Å²) in [6, 6.07) is 9.59. The number of nitrogens with zero attached hydrogens (tertiary/aromatic N) is 1. The molecule has 0 radical (unpaired) electrons. The fourth-order valence-corrected chi connectivity index (χ4v) is 2.45. The van der Waals surface area contributed by atoms with Gasteiger partial charge in [0, 0.05) is 6.07 Å². The van der Waals surface area contributed by atoms with Gasteiger partial charge in [0.25, 0.3) is 5.69 Å². The Bertz CT molecular complexity index is 841. The van der Waals surface area contributed by atoms with Gasteiger partial charge in [-0.15, -0.1) is 0 Å². The lowest BCUT2D eigenvalue weighted by molar-refractivity contribution is -0.384. The molecule has 0 aromatic heterocycles. The molecule has 7 nitrogen and oxygen atoms in total. The SMILES string of the molecule is COc1ccc(C(C)(C)C)cc1NC(=O)Nc1ccc(C)cc1[N+](=O)[O-]. The van der Waals surface area contributed by atoms with Crippen molar-refractivity contribution >= 4 is 23.1 Å². The van der Waals surface area contributed by atoms with Crippen molar-refractivity contribution in [1.82, 2.24) is 0 Å². The van der Waals surface area contributed by atoms with Gasteiger partial charge in [-0.2, -0.15) is 0 Å². The topological polar surface area (TPSA) is 93.5 Å². The first-order valence-corrected chi connectivity index (χ1v) is 8.13. The highest BCUT2D eigenvalue weighted by Gasteiger charge is 2.19. The molecular weight excluding hydrogens is 334 g/mol. The highest BCUT2D eigenvalue weighted by atomic mass is 16.6. The maximum absolute atomic E-state index is 12.4. The van der Waals surface area contributed by atoms with Crippen LogP contribution >= 0.6 is 0 Å². The van der Waals surface area contributed by atoms with Crippen molar-refractivity contribution in [3.05, 3.63) is 57.6 Å². The maximum atomic E-state index is 12.4. The number of urea groups is 1. The van der Waals surface area contributed by atoms with Crippen LogP contribution in [-0.2, 0) is 5.41 Å². The predicted octanol–water partition coefficient (Wildman–Crippen LogP) is 4.85. The van der Waals surface area contributed by atoms with E-state index in [4.69, 9.17) is 4.74 Å². The van der Waals surface area contributed by atoms with Crippen molar-refractivity contribution in [2.75, 3.05) is 17.7 Å². The summed E-state index contributed by atoms with van der Waals surface area (Å²) in [5.74, 6) is 0.506. The van der Waals surface area contributed by atoms with Crippen LogP contribution in [0.1, 0.15) is 31.9 Å². The number of nitrogens with one attached hydrogen (secondary N) is 2. The molecule has 0 heterocycles. The second kappa shape index (κ2) is 7.43. The number of benzene rings is 2. The molecule has 2 N–H and O–H groups in total. The van der Waals surface area contributed by atoms with E-state index in [1.54, 1.807) is 19.1 Å². The van der Waals surface area contributed by atoms with Gasteiger partial charge in [0.05, 0.1) is 17.7 Å². The summed E-state index contributed by atoms with van der Waals surface area (Å²) in [5.41, 5.74) is 2.12. The van der Waals surface area contributed by atoms with Crippen LogP contribution in [0.3, 0.4) is 0 Å². The molecule has 0 unspecified atom stereocenters. The van der Waals surface area contributed by atoms with Crippen LogP contribution in [0.25, 0.3) is 0 Å². The number of aryl methyl sites for hydroxylation is 1. The molecule has 0 atom stereocenters. The number of nitro benzene ring substituents is 1. The molecule has 7 heteroatoms. The number of ether oxygens (including phenoxy) is 1. The highest BCUT2D eigenvalue weighted by Crippen LogP contribution is 2.32. The number of amides is 2.